The summed E-state index contributed by atoms with van der Waals surface area (Å²) in [5.74, 6) is 0.467. The SMILES string of the molecule is COc1ccc(-c2nnc(NC(=O)C(NC(=O)C3CCCCC3)C(C)C)s2)cc1. The fourth-order valence-corrected chi connectivity index (χ4v) is 4.23. The Morgan fingerprint density at radius 3 is 2.41 bits per heavy atom. The van der Waals surface area contributed by atoms with E-state index < -0.39 is 6.04 Å². The van der Waals surface area contributed by atoms with Crippen molar-refractivity contribution >= 4 is 28.3 Å². The minimum Gasteiger partial charge on any atom is -0.497 e. The number of anilines is 1. The van der Waals surface area contributed by atoms with Gasteiger partial charge in [0, 0.05) is 11.5 Å². The maximum absolute atomic E-state index is 12.8. The van der Waals surface area contributed by atoms with Crippen molar-refractivity contribution in [3.05, 3.63) is 24.3 Å². The van der Waals surface area contributed by atoms with Crippen molar-refractivity contribution in [3.63, 3.8) is 0 Å². The molecule has 0 radical (unpaired) electrons. The summed E-state index contributed by atoms with van der Waals surface area (Å²) >= 11 is 1.30. The molecule has 1 aliphatic rings. The molecule has 8 heteroatoms. The summed E-state index contributed by atoms with van der Waals surface area (Å²) in [6.45, 7) is 3.85. The second kappa shape index (κ2) is 9.82. The number of methoxy groups -OCH3 is 1. The van der Waals surface area contributed by atoms with E-state index in [0.29, 0.717) is 10.1 Å². The number of aromatic nitrogens is 2. The Bertz CT molecular complexity index is 829. The lowest BCUT2D eigenvalue weighted by Crippen LogP contribution is -2.49. The van der Waals surface area contributed by atoms with Crippen LogP contribution in [-0.2, 0) is 9.59 Å². The summed E-state index contributed by atoms with van der Waals surface area (Å²) < 4.78 is 5.16. The van der Waals surface area contributed by atoms with E-state index in [1.54, 1.807) is 7.11 Å². The maximum Gasteiger partial charge on any atom is 0.249 e. The van der Waals surface area contributed by atoms with Crippen LogP contribution in [-0.4, -0.2) is 35.2 Å². The van der Waals surface area contributed by atoms with E-state index in [0.717, 1.165) is 37.0 Å². The molecule has 0 bridgehead atoms. The van der Waals surface area contributed by atoms with Gasteiger partial charge in [-0.3, -0.25) is 14.9 Å². The zero-order valence-electron chi connectivity index (χ0n) is 17.1. The van der Waals surface area contributed by atoms with E-state index in [1.165, 1.54) is 17.8 Å². The number of ether oxygens (including phenoxy) is 1. The van der Waals surface area contributed by atoms with Gasteiger partial charge in [-0.25, -0.2) is 0 Å². The lowest BCUT2D eigenvalue weighted by atomic mass is 9.88. The zero-order valence-corrected chi connectivity index (χ0v) is 17.9. The van der Waals surface area contributed by atoms with Gasteiger partial charge in [0.05, 0.1) is 7.11 Å². The van der Waals surface area contributed by atoms with Gasteiger partial charge in [0.2, 0.25) is 16.9 Å². The second-order valence-electron chi connectivity index (χ2n) is 7.70. The first-order valence-corrected chi connectivity index (χ1v) is 10.9. The highest BCUT2D eigenvalue weighted by molar-refractivity contribution is 7.18. The smallest absolute Gasteiger partial charge is 0.249 e. The van der Waals surface area contributed by atoms with Gasteiger partial charge < -0.3 is 10.1 Å². The Morgan fingerprint density at radius 2 is 1.79 bits per heavy atom. The average molecular weight is 417 g/mol. The molecule has 0 spiro atoms. The normalized spacial score (nSPS) is 15.7. The molecule has 2 aromatic rings. The Hall–Kier alpha value is -2.48. The fraction of sp³-hybridized carbons (Fsp3) is 0.524. The molecule has 2 N–H and O–H groups in total. The van der Waals surface area contributed by atoms with Gasteiger partial charge >= 0.3 is 0 Å². The molecule has 156 valence electrons. The van der Waals surface area contributed by atoms with E-state index in [1.807, 2.05) is 38.1 Å². The fourth-order valence-electron chi connectivity index (χ4n) is 3.48. The lowest BCUT2D eigenvalue weighted by Gasteiger charge is -2.26. The van der Waals surface area contributed by atoms with Crippen molar-refractivity contribution in [3.8, 4) is 16.3 Å². The molecule has 1 heterocycles. The van der Waals surface area contributed by atoms with Crippen molar-refractivity contribution in [2.24, 2.45) is 11.8 Å². The summed E-state index contributed by atoms with van der Waals surface area (Å²) in [6, 6.07) is 6.89. The summed E-state index contributed by atoms with van der Waals surface area (Å²) in [4.78, 5) is 25.4. The number of carbonyl (C=O) groups excluding carboxylic acids is 2. The van der Waals surface area contributed by atoms with Crippen LogP contribution in [0.2, 0.25) is 0 Å². The third kappa shape index (κ3) is 5.53. The summed E-state index contributed by atoms with van der Waals surface area (Å²) in [5, 5.41) is 15.1. The Morgan fingerprint density at radius 1 is 1.10 bits per heavy atom. The quantitative estimate of drug-likeness (QED) is 0.715. The van der Waals surface area contributed by atoms with Crippen molar-refractivity contribution < 1.29 is 14.3 Å². The monoisotopic (exact) mass is 416 g/mol. The van der Waals surface area contributed by atoms with Crippen molar-refractivity contribution in [1.82, 2.24) is 15.5 Å². The van der Waals surface area contributed by atoms with Gasteiger partial charge in [0.15, 0.2) is 0 Å². The predicted molar refractivity (Wildman–Crippen MR) is 114 cm³/mol. The minimum absolute atomic E-state index is 0.0148. The largest absolute Gasteiger partial charge is 0.497 e. The highest BCUT2D eigenvalue weighted by Crippen LogP contribution is 2.28. The molecule has 29 heavy (non-hydrogen) atoms. The van der Waals surface area contributed by atoms with Crippen LogP contribution < -0.4 is 15.4 Å². The number of benzene rings is 1. The van der Waals surface area contributed by atoms with Gasteiger partial charge in [-0.2, -0.15) is 0 Å². The molecule has 0 aliphatic heterocycles. The first-order chi connectivity index (χ1) is 14.0. The van der Waals surface area contributed by atoms with Crippen LogP contribution in [0.25, 0.3) is 10.6 Å². The van der Waals surface area contributed by atoms with Crippen LogP contribution in [0, 0.1) is 11.8 Å². The summed E-state index contributed by atoms with van der Waals surface area (Å²) in [7, 11) is 1.62. The first-order valence-electron chi connectivity index (χ1n) is 10.1. The van der Waals surface area contributed by atoms with E-state index in [9.17, 15) is 9.59 Å². The van der Waals surface area contributed by atoms with E-state index in [2.05, 4.69) is 20.8 Å². The van der Waals surface area contributed by atoms with Crippen LogP contribution >= 0.6 is 11.3 Å². The van der Waals surface area contributed by atoms with Crippen LogP contribution in [0.5, 0.6) is 5.75 Å². The Labute approximate surface area is 175 Å². The topological polar surface area (TPSA) is 93.2 Å². The van der Waals surface area contributed by atoms with Gasteiger partial charge in [0.1, 0.15) is 16.8 Å². The molecule has 1 aromatic carbocycles. The van der Waals surface area contributed by atoms with E-state index in [4.69, 9.17) is 4.74 Å². The molecule has 1 aromatic heterocycles. The Balaban J connectivity index is 1.63. The first kappa shape index (κ1) is 21.2. The summed E-state index contributed by atoms with van der Waals surface area (Å²) in [6.07, 6.45) is 5.15. The molecular weight excluding hydrogens is 388 g/mol. The molecule has 1 aliphatic carbocycles. The highest BCUT2D eigenvalue weighted by atomic mass is 32.1. The standard InChI is InChI=1S/C21H28N4O3S/c1-13(2)17(22-18(26)14-7-5-4-6-8-14)19(27)23-21-25-24-20(29-21)15-9-11-16(28-3)12-10-15/h9-14,17H,4-8H2,1-3H3,(H,22,26)(H,23,25,27). The minimum atomic E-state index is -0.599. The number of amides is 2. The van der Waals surface area contributed by atoms with Crippen LogP contribution in [0.1, 0.15) is 46.0 Å². The number of rotatable bonds is 7. The van der Waals surface area contributed by atoms with Crippen molar-refractivity contribution in [2.75, 3.05) is 12.4 Å². The average Bonchev–Trinajstić information content (AvgIpc) is 3.20. The van der Waals surface area contributed by atoms with Gasteiger partial charge in [-0.1, -0.05) is 44.4 Å². The zero-order chi connectivity index (χ0) is 20.8. The maximum atomic E-state index is 12.8. The van der Waals surface area contributed by atoms with Crippen LogP contribution in [0.3, 0.4) is 0 Å². The van der Waals surface area contributed by atoms with Crippen molar-refractivity contribution in [1.29, 1.82) is 0 Å². The predicted octanol–water partition coefficient (Wildman–Crippen LogP) is 3.87. The number of hydrogen-bond acceptors (Lipinski definition) is 6. The van der Waals surface area contributed by atoms with Gasteiger partial charge in [-0.05, 0) is 43.0 Å². The number of hydrogen-bond donors (Lipinski definition) is 2. The molecule has 1 atom stereocenters. The second-order valence-corrected chi connectivity index (χ2v) is 8.67. The molecule has 7 nitrogen and oxygen atoms in total. The highest BCUT2D eigenvalue weighted by Gasteiger charge is 2.29. The molecule has 3 rings (SSSR count). The number of carbonyl (C=O) groups is 2. The van der Waals surface area contributed by atoms with Crippen molar-refractivity contribution in [2.45, 2.75) is 52.0 Å². The molecule has 1 unspecified atom stereocenters. The third-order valence-corrected chi connectivity index (χ3v) is 6.10. The Kier molecular flexibility index (Phi) is 7.19. The van der Waals surface area contributed by atoms with Crippen LogP contribution in [0.4, 0.5) is 5.13 Å². The number of nitrogens with zero attached hydrogens (tertiary/aromatic N) is 2. The lowest BCUT2D eigenvalue weighted by molar-refractivity contribution is -0.130. The van der Waals surface area contributed by atoms with Gasteiger partial charge in [0.25, 0.3) is 0 Å². The molecule has 1 fully saturated rings. The molecule has 0 saturated heterocycles. The van der Waals surface area contributed by atoms with E-state index >= 15 is 0 Å². The van der Waals surface area contributed by atoms with E-state index in [-0.39, 0.29) is 23.7 Å². The summed E-state index contributed by atoms with van der Waals surface area (Å²) in [5.41, 5.74) is 0.898. The van der Waals surface area contributed by atoms with Gasteiger partial charge in [-0.15, -0.1) is 10.2 Å². The third-order valence-electron chi connectivity index (χ3n) is 5.21. The number of nitrogens with one attached hydrogen (secondary N) is 2. The molecular formula is C21H28N4O3S. The molecule has 2 amide bonds. The molecule has 1 saturated carbocycles. The van der Waals surface area contributed by atoms with Crippen LogP contribution in [0.15, 0.2) is 24.3 Å².